The van der Waals surface area contributed by atoms with E-state index >= 15 is 0 Å². The monoisotopic (exact) mass is 354 g/mol. The number of hydrogen-bond acceptors (Lipinski definition) is 4. The molecule has 4 nitrogen and oxygen atoms in total. The van der Waals surface area contributed by atoms with Crippen molar-refractivity contribution in [1.82, 2.24) is 10.5 Å². The molecule has 1 aromatic carbocycles. The smallest absolute Gasteiger partial charge is 0.257 e. The van der Waals surface area contributed by atoms with E-state index in [1.54, 1.807) is 18.3 Å². The first-order valence-electron chi connectivity index (χ1n) is 8.22. The molecule has 0 aliphatic heterocycles. The minimum Gasteiger partial charge on any atom is -0.355 e. The Bertz CT molecular complexity index is 856. The van der Waals surface area contributed by atoms with Crippen LogP contribution in [0.1, 0.15) is 48.0 Å². The quantitative estimate of drug-likeness (QED) is 0.722. The van der Waals surface area contributed by atoms with E-state index in [1.165, 1.54) is 5.56 Å². The number of nitrogens with zero attached hydrogens (tertiary/aromatic N) is 1. The summed E-state index contributed by atoms with van der Waals surface area (Å²) in [5.41, 5.74) is 4.35. The Morgan fingerprint density at radius 3 is 2.52 bits per heavy atom. The molecule has 0 radical (unpaired) electrons. The molecular weight excluding hydrogens is 332 g/mol. The summed E-state index contributed by atoms with van der Waals surface area (Å²) in [7, 11) is 0. The molecule has 0 atom stereocenters. The molecule has 0 spiro atoms. The SMILES string of the molecule is Cc1noc(-c2ccc(C(C)(C)C)cc2)c1C(=O)NCc1ccsc1. The van der Waals surface area contributed by atoms with Gasteiger partial charge in [-0.1, -0.05) is 50.2 Å². The molecule has 25 heavy (non-hydrogen) atoms. The van der Waals surface area contributed by atoms with Crippen LogP contribution in [-0.2, 0) is 12.0 Å². The van der Waals surface area contributed by atoms with Gasteiger partial charge in [-0.25, -0.2) is 0 Å². The summed E-state index contributed by atoms with van der Waals surface area (Å²) in [5, 5.41) is 11.0. The van der Waals surface area contributed by atoms with Crippen LogP contribution < -0.4 is 5.32 Å². The summed E-state index contributed by atoms with van der Waals surface area (Å²) in [6.45, 7) is 8.79. The minimum absolute atomic E-state index is 0.0800. The van der Waals surface area contributed by atoms with Gasteiger partial charge in [0.2, 0.25) is 0 Å². The van der Waals surface area contributed by atoms with Crippen LogP contribution >= 0.6 is 11.3 Å². The fourth-order valence-electron chi connectivity index (χ4n) is 2.62. The molecule has 5 heteroatoms. The molecule has 0 saturated carbocycles. The molecule has 0 aliphatic carbocycles. The van der Waals surface area contributed by atoms with Gasteiger partial charge in [0.25, 0.3) is 5.91 Å². The zero-order valence-electron chi connectivity index (χ0n) is 14.9. The number of hydrogen-bond donors (Lipinski definition) is 1. The van der Waals surface area contributed by atoms with Crippen LogP contribution in [0.25, 0.3) is 11.3 Å². The summed E-state index contributed by atoms with van der Waals surface area (Å²) in [5.74, 6) is 0.348. The lowest BCUT2D eigenvalue weighted by Crippen LogP contribution is -2.23. The van der Waals surface area contributed by atoms with Gasteiger partial charge in [-0.15, -0.1) is 0 Å². The molecule has 0 unspecified atom stereocenters. The molecule has 2 heterocycles. The number of carbonyl (C=O) groups is 1. The van der Waals surface area contributed by atoms with Crippen LogP contribution in [0.2, 0.25) is 0 Å². The molecule has 130 valence electrons. The average molecular weight is 354 g/mol. The van der Waals surface area contributed by atoms with Crippen molar-refractivity contribution in [1.29, 1.82) is 0 Å². The highest BCUT2D eigenvalue weighted by atomic mass is 32.1. The highest BCUT2D eigenvalue weighted by molar-refractivity contribution is 7.07. The zero-order valence-corrected chi connectivity index (χ0v) is 15.7. The van der Waals surface area contributed by atoms with Crippen molar-refractivity contribution < 1.29 is 9.32 Å². The van der Waals surface area contributed by atoms with Crippen molar-refractivity contribution in [3.63, 3.8) is 0 Å². The van der Waals surface area contributed by atoms with E-state index in [0.29, 0.717) is 23.6 Å². The molecule has 3 rings (SSSR count). The maximum absolute atomic E-state index is 12.6. The number of aromatic nitrogens is 1. The second kappa shape index (κ2) is 6.84. The predicted octanol–water partition coefficient (Wildman–Crippen LogP) is 4.94. The number of rotatable bonds is 4. The summed E-state index contributed by atoms with van der Waals surface area (Å²) >= 11 is 1.61. The standard InChI is InChI=1S/C20H22N2O2S/c1-13-17(19(23)21-11-14-9-10-25-12-14)18(24-22-13)15-5-7-16(8-6-15)20(2,3)4/h5-10,12H,11H2,1-4H3,(H,21,23). The molecule has 0 fully saturated rings. The first kappa shape index (κ1) is 17.4. The van der Waals surface area contributed by atoms with Crippen LogP contribution in [0.5, 0.6) is 0 Å². The largest absolute Gasteiger partial charge is 0.355 e. The Kier molecular flexibility index (Phi) is 4.77. The van der Waals surface area contributed by atoms with Crippen LogP contribution in [0.15, 0.2) is 45.6 Å². The van der Waals surface area contributed by atoms with Crippen LogP contribution in [0.3, 0.4) is 0 Å². The third kappa shape index (κ3) is 3.82. The second-order valence-electron chi connectivity index (χ2n) is 7.11. The van der Waals surface area contributed by atoms with Crippen LogP contribution in [-0.4, -0.2) is 11.1 Å². The van der Waals surface area contributed by atoms with Gasteiger partial charge in [0.15, 0.2) is 5.76 Å². The predicted molar refractivity (Wildman–Crippen MR) is 101 cm³/mol. The van der Waals surface area contributed by atoms with Gasteiger partial charge in [0.1, 0.15) is 5.56 Å². The Balaban J connectivity index is 1.85. The first-order valence-corrected chi connectivity index (χ1v) is 9.17. The highest BCUT2D eigenvalue weighted by Gasteiger charge is 2.22. The molecule has 3 aromatic rings. The lowest BCUT2D eigenvalue weighted by molar-refractivity contribution is 0.0950. The van der Waals surface area contributed by atoms with E-state index in [2.05, 4.69) is 43.4 Å². The van der Waals surface area contributed by atoms with Crippen molar-refractivity contribution in [2.75, 3.05) is 0 Å². The van der Waals surface area contributed by atoms with E-state index in [1.807, 2.05) is 29.0 Å². The van der Waals surface area contributed by atoms with Gasteiger partial charge in [-0.05, 0) is 40.3 Å². The number of nitrogens with one attached hydrogen (secondary N) is 1. The lowest BCUT2D eigenvalue weighted by Gasteiger charge is -2.18. The molecule has 0 saturated heterocycles. The van der Waals surface area contributed by atoms with Gasteiger partial charge < -0.3 is 9.84 Å². The van der Waals surface area contributed by atoms with Crippen LogP contribution in [0, 0.1) is 6.92 Å². The van der Waals surface area contributed by atoms with E-state index in [0.717, 1.165) is 11.1 Å². The number of aryl methyl sites for hydroxylation is 1. The third-order valence-corrected chi connectivity index (χ3v) is 4.87. The van der Waals surface area contributed by atoms with E-state index < -0.39 is 0 Å². The van der Waals surface area contributed by atoms with Crippen molar-refractivity contribution in [3.8, 4) is 11.3 Å². The number of carbonyl (C=O) groups excluding carboxylic acids is 1. The summed E-state index contributed by atoms with van der Waals surface area (Å²) in [6, 6.07) is 10.1. The Labute approximate surface area is 151 Å². The summed E-state index contributed by atoms with van der Waals surface area (Å²) < 4.78 is 5.46. The highest BCUT2D eigenvalue weighted by Crippen LogP contribution is 2.29. The minimum atomic E-state index is -0.167. The van der Waals surface area contributed by atoms with Gasteiger partial charge in [-0.2, -0.15) is 11.3 Å². The van der Waals surface area contributed by atoms with E-state index in [9.17, 15) is 4.79 Å². The normalized spacial score (nSPS) is 11.5. The zero-order chi connectivity index (χ0) is 18.0. The average Bonchev–Trinajstić information content (AvgIpc) is 3.21. The Morgan fingerprint density at radius 2 is 1.92 bits per heavy atom. The second-order valence-corrected chi connectivity index (χ2v) is 7.89. The number of amides is 1. The molecule has 2 aromatic heterocycles. The first-order chi connectivity index (χ1) is 11.9. The van der Waals surface area contributed by atoms with Gasteiger partial charge in [0.05, 0.1) is 5.69 Å². The maximum Gasteiger partial charge on any atom is 0.257 e. The van der Waals surface area contributed by atoms with E-state index in [-0.39, 0.29) is 11.3 Å². The van der Waals surface area contributed by atoms with Crippen molar-refractivity contribution >= 4 is 17.2 Å². The molecule has 1 N–H and O–H groups in total. The topological polar surface area (TPSA) is 55.1 Å². The van der Waals surface area contributed by atoms with E-state index in [4.69, 9.17) is 4.52 Å². The summed E-state index contributed by atoms with van der Waals surface area (Å²) in [6.07, 6.45) is 0. The number of thiophene rings is 1. The molecule has 1 amide bonds. The third-order valence-electron chi connectivity index (χ3n) is 4.14. The molecule has 0 bridgehead atoms. The Hall–Kier alpha value is -2.40. The van der Waals surface area contributed by atoms with Gasteiger partial charge in [-0.3, -0.25) is 4.79 Å². The van der Waals surface area contributed by atoms with Crippen molar-refractivity contribution in [2.24, 2.45) is 0 Å². The Morgan fingerprint density at radius 1 is 1.20 bits per heavy atom. The maximum atomic E-state index is 12.6. The lowest BCUT2D eigenvalue weighted by atomic mass is 9.86. The molecular formula is C20H22N2O2S. The van der Waals surface area contributed by atoms with Crippen molar-refractivity contribution in [3.05, 3.63) is 63.5 Å². The van der Waals surface area contributed by atoms with Crippen molar-refractivity contribution in [2.45, 2.75) is 39.7 Å². The van der Waals surface area contributed by atoms with Crippen LogP contribution in [0.4, 0.5) is 0 Å². The fourth-order valence-corrected chi connectivity index (χ4v) is 3.29. The summed E-state index contributed by atoms with van der Waals surface area (Å²) in [4.78, 5) is 12.6. The van der Waals surface area contributed by atoms with Gasteiger partial charge >= 0.3 is 0 Å². The molecule has 0 aliphatic rings. The number of benzene rings is 1. The van der Waals surface area contributed by atoms with Gasteiger partial charge in [0, 0.05) is 12.1 Å². The fraction of sp³-hybridized carbons (Fsp3) is 0.300.